The Hall–Kier alpha value is -3.00. The van der Waals surface area contributed by atoms with Gasteiger partial charge < -0.3 is 25.1 Å². The molecule has 0 radical (unpaired) electrons. The molecule has 3 saturated heterocycles. The Morgan fingerprint density at radius 1 is 0.833 bits per heavy atom. The van der Waals surface area contributed by atoms with Gasteiger partial charge in [-0.2, -0.15) is 0 Å². The molecule has 0 bridgehead atoms. The van der Waals surface area contributed by atoms with E-state index in [0.717, 1.165) is 64.8 Å². The Morgan fingerprint density at radius 2 is 1.52 bits per heavy atom. The lowest BCUT2D eigenvalue weighted by Crippen LogP contribution is -2.55. The largest absolute Gasteiger partial charge is 0.480 e. The normalized spacial score (nSPS) is 20.7. The van der Waals surface area contributed by atoms with Crippen molar-refractivity contribution >= 4 is 61.4 Å². The topological polar surface area (TPSA) is 117 Å². The highest BCUT2D eigenvalue weighted by Gasteiger charge is 2.36. The summed E-state index contributed by atoms with van der Waals surface area (Å²) in [6.45, 7) is 6.13. The molecule has 0 unspecified atom stereocenters. The van der Waals surface area contributed by atoms with Crippen LogP contribution in [0.25, 0.3) is 0 Å². The number of anilines is 1. The SMILES string of the molecule is O=C(O)CN1CCC(N2CCN(C(=O)[C@@H](CC(=O)N3CCC(N4Cc5ccccc5NC4=O)CC3)Cc3ccc(Br)c(Br)c3)CC2)CC1. The van der Waals surface area contributed by atoms with E-state index >= 15 is 0 Å². The van der Waals surface area contributed by atoms with Crippen molar-refractivity contribution in [3.05, 3.63) is 62.5 Å². The molecule has 4 heterocycles. The van der Waals surface area contributed by atoms with E-state index in [4.69, 9.17) is 5.11 Å². The van der Waals surface area contributed by atoms with E-state index in [1.807, 2.05) is 62.1 Å². The Bertz CT molecular complexity index is 1500. The first-order valence-electron chi connectivity index (χ1n) is 17.0. The van der Waals surface area contributed by atoms with Gasteiger partial charge in [0.15, 0.2) is 0 Å². The molecule has 258 valence electrons. The average Bonchev–Trinajstić information content (AvgIpc) is 3.09. The number of carbonyl (C=O) groups excluding carboxylic acids is 3. The molecule has 13 heteroatoms. The third-order valence-corrected chi connectivity index (χ3v) is 12.3. The maximum absolute atomic E-state index is 14.1. The van der Waals surface area contributed by atoms with Crippen LogP contribution in [0.3, 0.4) is 0 Å². The van der Waals surface area contributed by atoms with E-state index in [-0.39, 0.29) is 36.9 Å². The van der Waals surface area contributed by atoms with E-state index < -0.39 is 11.9 Å². The van der Waals surface area contributed by atoms with Gasteiger partial charge >= 0.3 is 12.0 Å². The summed E-state index contributed by atoms with van der Waals surface area (Å²) in [5, 5.41) is 12.1. The monoisotopic (exact) mass is 786 g/mol. The van der Waals surface area contributed by atoms with Crippen LogP contribution in [0.1, 0.15) is 43.2 Å². The maximum atomic E-state index is 14.1. The smallest absolute Gasteiger partial charge is 0.322 e. The number of urea groups is 1. The molecule has 1 atom stereocenters. The number of aliphatic carboxylic acids is 1. The molecule has 6 rings (SSSR count). The van der Waals surface area contributed by atoms with Crippen LogP contribution in [0, 0.1) is 5.92 Å². The third-order valence-electron chi connectivity index (χ3n) is 10.4. The van der Waals surface area contributed by atoms with Gasteiger partial charge in [-0.25, -0.2) is 4.79 Å². The van der Waals surface area contributed by atoms with Crippen molar-refractivity contribution in [3.8, 4) is 0 Å². The Balaban J connectivity index is 1.05. The van der Waals surface area contributed by atoms with Crippen molar-refractivity contribution < 1.29 is 24.3 Å². The Kier molecular flexibility index (Phi) is 11.4. The molecule has 4 aliphatic rings. The number of carboxylic acid groups (broad SMARTS) is 1. The number of halogens is 2. The fourth-order valence-electron chi connectivity index (χ4n) is 7.68. The second-order valence-electron chi connectivity index (χ2n) is 13.4. The zero-order valence-corrected chi connectivity index (χ0v) is 30.3. The second kappa shape index (κ2) is 15.7. The van der Waals surface area contributed by atoms with E-state index in [2.05, 4.69) is 42.1 Å². The van der Waals surface area contributed by atoms with E-state index in [1.165, 1.54) is 0 Å². The van der Waals surface area contributed by atoms with Gasteiger partial charge in [0, 0.05) is 92.0 Å². The summed E-state index contributed by atoms with van der Waals surface area (Å²) in [5.41, 5.74) is 2.95. The fraction of sp³-hybridized carbons (Fsp3) is 0.543. The first-order valence-corrected chi connectivity index (χ1v) is 18.6. The number of amides is 4. The number of rotatable bonds is 9. The van der Waals surface area contributed by atoms with E-state index in [9.17, 15) is 19.2 Å². The summed E-state index contributed by atoms with van der Waals surface area (Å²) in [5.74, 6) is -1.25. The molecular weight excluding hydrogens is 744 g/mol. The molecule has 0 aromatic heterocycles. The van der Waals surface area contributed by atoms with Crippen LogP contribution in [-0.4, -0.2) is 124 Å². The number of likely N-dealkylation sites (tertiary alicyclic amines) is 2. The maximum Gasteiger partial charge on any atom is 0.322 e. The molecule has 3 fully saturated rings. The molecule has 2 N–H and O–H groups in total. The highest BCUT2D eigenvalue weighted by Crippen LogP contribution is 2.30. The molecule has 0 spiro atoms. The number of hydrogen-bond donors (Lipinski definition) is 2. The highest BCUT2D eigenvalue weighted by molar-refractivity contribution is 9.13. The molecule has 0 saturated carbocycles. The molecule has 2 aromatic carbocycles. The molecule has 48 heavy (non-hydrogen) atoms. The quantitative estimate of drug-likeness (QED) is 0.385. The van der Waals surface area contributed by atoms with Crippen molar-refractivity contribution in [2.75, 3.05) is 64.2 Å². The Morgan fingerprint density at radius 3 is 2.21 bits per heavy atom. The van der Waals surface area contributed by atoms with Crippen molar-refractivity contribution in [3.63, 3.8) is 0 Å². The third kappa shape index (κ3) is 8.40. The van der Waals surface area contributed by atoms with Crippen LogP contribution < -0.4 is 5.32 Å². The van der Waals surface area contributed by atoms with Gasteiger partial charge in [0.2, 0.25) is 11.8 Å². The van der Waals surface area contributed by atoms with Gasteiger partial charge in [-0.05, 0) is 93.3 Å². The summed E-state index contributed by atoms with van der Waals surface area (Å²) in [6.07, 6.45) is 3.90. The van der Waals surface area contributed by atoms with Gasteiger partial charge in [0.1, 0.15) is 0 Å². The number of nitrogens with zero attached hydrogens (tertiary/aromatic N) is 5. The minimum absolute atomic E-state index is 0.0109. The van der Waals surface area contributed by atoms with Crippen LogP contribution in [0.5, 0.6) is 0 Å². The number of piperidine rings is 2. The van der Waals surface area contributed by atoms with Gasteiger partial charge in [-0.3, -0.25) is 24.2 Å². The average molecular weight is 789 g/mol. The van der Waals surface area contributed by atoms with Crippen LogP contribution in [-0.2, 0) is 27.3 Å². The van der Waals surface area contributed by atoms with Crippen molar-refractivity contribution in [2.24, 2.45) is 5.92 Å². The standard InChI is InChI=1S/C35H44Br2N6O5/c36-29-6-5-24(20-30(29)37)19-26(34(47)42-17-15-40(16-18-42)27-7-11-39(12-8-27)23-33(45)46)21-32(44)41-13-9-28(10-14-41)43-22-25-3-1-2-4-31(25)38-35(43)48/h1-6,20,26-28H,7-19,21-23H2,(H,38,48)(H,45,46)/t26-/m1/s1. The first kappa shape index (κ1) is 34.8. The number of fused-ring (bicyclic) bond motifs is 1. The molecule has 2 aromatic rings. The number of piperazine rings is 1. The minimum atomic E-state index is -0.786. The van der Waals surface area contributed by atoms with Gasteiger partial charge in [0.25, 0.3) is 0 Å². The zero-order chi connectivity index (χ0) is 33.8. The number of carbonyl (C=O) groups is 4. The summed E-state index contributed by atoms with van der Waals surface area (Å²) in [4.78, 5) is 62.0. The summed E-state index contributed by atoms with van der Waals surface area (Å²) < 4.78 is 1.84. The van der Waals surface area contributed by atoms with Gasteiger partial charge in [-0.1, -0.05) is 24.3 Å². The van der Waals surface area contributed by atoms with E-state index in [0.29, 0.717) is 58.0 Å². The molecule has 4 amide bonds. The molecular formula is C35H44Br2N6O5. The predicted octanol–water partition coefficient (Wildman–Crippen LogP) is 4.49. The zero-order valence-electron chi connectivity index (χ0n) is 27.2. The molecule has 0 aliphatic carbocycles. The van der Waals surface area contributed by atoms with Crippen LogP contribution in [0.2, 0.25) is 0 Å². The van der Waals surface area contributed by atoms with Crippen molar-refractivity contribution in [2.45, 2.75) is 57.2 Å². The minimum Gasteiger partial charge on any atom is -0.480 e. The summed E-state index contributed by atoms with van der Waals surface area (Å²) >= 11 is 7.12. The van der Waals surface area contributed by atoms with Crippen LogP contribution in [0.4, 0.5) is 10.5 Å². The number of carboxylic acids is 1. The lowest BCUT2D eigenvalue weighted by atomic mass is 9.92. The van der Waals surface area contributed by atoms with Crippen LogP contribution in [0.15, 0.2) is 51.4 Å². The van der Waals surface area contributed by atoms with E-state index in [1.54, 1.807) is 0 Å². The summed E-state index contributed by atoms with van der Waals surface area (Å²) in [6, 6.07) is 14.2. The lowest BCUT2D eigenvalue weighted by molar-refractivity contribution is -0.143. The predicted molar refractivity (Wildman–Crippen MR) is 190 cm³/mol. The number of benzene rings is 2. The fourth-order valence-corrected chi connectivity index (χ4v) is 8.35. The van der Waals surface area contributed by atoms with Crippen LogP contribution >= 0.6 is 31.9 Å². The van der Waals surface area contributed by atoms with Crippen molar-refractivity contribution in [1.82, 2.24) is 24.5 Å². The lowest BCUT2D eigenvalue weighted by Gasteiger charge is -2.43. The van der Waals surface area contributed by atoms with Gasteiger partial charge in [-0.15, -0.1) is 0 Å². The number of hydrogen-bond acceptors (Lipinski definition) is 6. The first-order chi connectivity index (χ1) is 23.1. The Labute approximate surface area is 298 Å². The van der Waals surface area contributed by atoms with Gasteiger partial charge in [0.05, 0.1) is 12.5 Å². The molecule has 4 aliphatic heterocycles. The highest BCUT2D eigenvalue weighted by atomic mass is 79.9. The second-order valence-corrected chi connectivity index (χ2v) is 15.2. The number of para-hydroxylation sites is 1. The summed E-state index contributed by atoms with van der Waals surface area (Å²) in [7, 11) is 0. The molecule has 11 nitrogen and oxygen atoms in total. The van der Waals surface area contributed by atoms with Crippen molar-refractivity contribution in [1.29, 1.82) is 0 Å². The number of nitrogens with one attached hydrogen (secondary N) is 1.